The van der Waals surface area contributed by atoms with E-state index in [9.17, 15) is 19.8 Å². The van der Waals surface area contributed by atoms with Gasteiger partial charge in [-0.2, -0.15) is 0 Å². The van der Waals surface area contributed by atoms with Crippen molar-refractivity contribution in [3.8, 4) is 0 Å². The monoisotopic (exact) mass is 526 g/mol. The highest BCUT2D eigenvalue weighted by molar-refractivity contribution is 5.96. The molecule has 6 heteroatoms. The van der Waals surface area contributed by atoms with E-state index in [2.05, 4.69) is 13.8 Å². The number of carbonyl (C=O) groups is 2. The molecule has 0 spiro atoms. The van der Waals surface area contributed by atoms with E-state index in [4.69, 9.17) is 0 Å². The highest BCUT2D eigenvalue weighted by Crippen LogP contribution is 2.13. The van der Waals surface area contributed by atoms with Crippen molar-refractivity contribution < 1.29 is 19.8 Å². The molecule has 0 aromatic rings. The minimum Gasteiger partial charge on any atom is -0.395 e. The predicted molar refractivity (Wildman–Crippen MR) is 156 cm³/mol. The lowest BCUT2D eigenvalue weighted by molar-refractivity contribution is -0.141. The molecule has 0 aromatic heterocycles. The van der Waals surface area contributed by atoms with E-state index >= 15 is 0 Å². The van der Waals surface area contributed by atoms with Gasteiger partial charge in [-0.15, -0.1) is 0 Å². The Hall–Kier alpha value is -1.14. The molecule has 0 radical (unpaired) electrons. The van der Waals surface area contributed by atoms with Crippen molar-refractivity contribution in [1.29, 1.82) is 0 Å². The minimum absolute atomic E-state index is 0.0867. The molecular weight excluding hydrogens is 464 g/mol. The fraction of sp³-hybridized carbons (Fsp3) is 0.935. The standard InChI is InChI=1S/C31H62N2O4/c1-3-5-7-9-11-13-15-17-19-21-23-32(25-27-34)30(36)29-31(37)33(26-28-35)24-22-20-18-16-14-12-10-8-6-4-2/h34-35H,3-29H2,1-2H3. The molecule has 0 saturated heterocycles. The van der Waals surface area contributed by atoms with E-state index in [0.717, 1.165) is 25.7 Å². The van der Waals surface area contributed by atoms with Gasteiger partial charge in [-0.1, -0.05) is 129 Å². The number of unbranched alkanes of at least 4 members (excludes halogenated alkanes) is 18. The summed E-state index contributed by atoms with van der Waals surface area (Å²) in [6.07, 6.45) is 24.5. The first-order chi connectivity index (χ1) is 18.1. The Kier molecular flexibility index (Phi) is 27.0. The van der Waals surface area contributed by atoms with Crippen LogP contribution in [0.5, 0.6) is 0 Å². The average molecular weight is 527 g/mol. The zero-order chi connectivity index (χ0) is 27.4. The van der Waals surface area contributed by atoms with Gasteiger partial charge in [-0.05, 0) is 12.8 Å². The van der Waals surface area contributed by atoms with E-state index in [1.165, 1.54) is 103 Å². The van der Waals surface area contributed by atoms with Crippen LogP contribution in [0.25, 0.3) is 0 Å². The van der Waals surface area contributed by atoms with Crippen LogP contribution >= 0.6 is 0 Å². The second-order valence-electron chi connectivity index (χ2n) is 10.7. The first-order valence-corrected chi connectivity index (χ1v) is 15.9. The van der Waals surface area contributed by atoms with E-state index in [1.807, 2.05) is 0 Å². The number of hydrogen-bond donors (Lipinski definition) is 2. The summed E-state index contributed by atoms with van der Waals surface area (Å²) in [6.45, 7) is 6.07. The molecule has 0 fully saturated rings. The van der Waals surface area contributed by atoms with E-state index in [-0.39, 0.29) is 44.5 Å². The number of amides is 2. The van der Waals surface area contributed by atoms with Crippen molar-refractivity contribution in [2.75, 3.05) is 39.4 Å². The number of hydrogen-bond acceptors (Lipinski definition) is 4. The third-order valence-corrected chi connectivity index (χ3v) is 7.31. The van der Waals surface area contributed by atoms with Crippen LogP contribution in [0, 0.1) is 0 Å². The van der Waals surface area contributed by atoms with Crippen LogP contribution in [-0.2, 0) is 9.59 Å². The quantitative estimate of drug-likeness (QED) is 0.0862. The van der Waals surface area contributed by atoms with Crippen LogP contribution in [0.15, 0.2) is 0 Å². The zero-order valence-corrected chi connectivity index (χ0v) is 24.7. The molecule has 220 valence electrons. The molecular formula is C31H62N2O4. The van der Waals surface area contributed by atoms with Gasteiger partial charge in [0.25, 0.3) is 0 Å². The summed E-state index contributed by atoms with van der Waals surface area (Å²) < 4.78 is 0. The minimum atomic E-state index is -0.207. The first kappa shape index (κ1) is 35.9. The molecule has 0 saturated carbocycles. The Labute approximate surface area is 229 Å². The number of aliphatic hydroxyl groups is 2. The van der Waals surface area contributed by atoms with Crippen LogP contribution in [0.2, 0.25) is 0 Å². The van der Waals surface area contributed by atoms with Crippen molar-refractivity contribution in [2.45, 2.75) is 149 Å². The van der Waals surface area contributed by atoms with Crippen molar-refractivity contribution >= 4 is 11.8 Å². The van der Waals surface area contributed by atoms with Gasteiger partial charge in [-0.3, -0.25) is 9.59 Å². The van der Waals surface area contributed by atoms with Crippen molar-refractivity contribution in [2.24, 2.45) is 0 Å². The van der Waals surface area contributed by atoms with Crippen LogP contribution in [0.4, 0.5) is 0 Å². The molecule has 2 N–H and O–H groups in total. The highest BCUT2D eigenvalue weighted by Gasteiger charge is 2.21. The van der Waals surface area contributed by atoms with E-state index in [0.29, 0.717) is 13.1 Å². The maximum absolute atomic E-state index is 12.8. The van der Waals surface area contributed by atoms with Crippen LogP contribution in [-0.4, -0.2) is 71.2 Å². The molecule has 0 bridgehead atoms. The van der Waals surface area contributed by atoms with Gasteiger partial charge in [0.2, 0.25) is 11.8 Å². The molecule has 6 nitrogen and oxygen atoms in total. The van der Waals surface area contributed by atoms with Crippen LogP contribution < -0.4 is 0 Å². The van der Waals surface area contributed by atoms with Gasteiger partial charge in [0.05, 0.1) is 13.2 Å². The summed E-state index contributed by atoms with van der Waals surface area (Å²) in [7, 11) is 0. The van der Waals surface area contributed by atoms with Gasteiger partial charge >= 0.3 is 0 Å². The van der Waals surface area contributed by atoms with Crippen molar-refractivity contribution in [3.05, 3.63) is 0 Å². The van der Waals surface area contributed by atoms with Gasteiger partial charge in [-0.25, -0.2) is 0 Å². The molecule has 0 aliphatic carbocycles. The highest BCUT2D eigenvalue weighted by atomic mass is 16.3. The molecule has 0 heterocycles. The molecule has 0 aliphatic rings. The third-order valence-electron chi connectivity index (χ3n) is 7.31. The fourth-order valence-electron chi connectivity index (χ4n) is 4.90. The van der Waals surface area contributed by atoms with E-state index in [1.54, 1.807) is 9.80 Å². The van der Waals surface area contributed by atoms with Crippen molar-refractivity contribution in [3.63, 3.8) is 0 Å². The molecule has 0 unspecified atom stereocenters. The smallest absolute Gasteiger partial charge is 0.232 e. The molecule has 0 aliphatic heterocycles. The predicted octanol–water partition coefficient (Wildman–Crippen LogP) is 6.86. The molecule has 37 heavy (non-hydrogen) atoms. The van der Waals surface area contributed by atoms with Gasteiger partial charge in [0.1, 0.15) is 6.42 Å². The van der Waals surface area contributed by atoms with E-state index < -0.39 is 0 Å². The molecule has 0 aromatic carbocycles. The maximum Gasteiger partial charge on any atom is 0.232 e. The summed E-state index contributed by atoms with van der Waals surface area (Å²) >= 11 is 0. The number of carbonyl (C=O) groups excluding carboxylic acids is 2. The first-order valence-electron chi connectivity index (χ1n) is 15.9. The van der Waals surface area contributed by atoms with Gasteiger partial charge in [0, 0.05) is 26.2 Å². The largest absolute Gasteiger partial charge is 0.395 e. The van der Waals surface area contributed by atoms with Crippen molar-refractivity contribution in [1.82, 2.24) is 9.80 Å². The van der Waals surface area contributed by atoms with Gasteiger partial charge in [0.15, 0.2) is 0 Å². The fourth-order valence-corrected chi connectivity index (χ4v) is 4.90. The van der Waals surface area contributed by atoms with Gasteiger partial charge < -0.3 is 20.0 Å². The Morgan fingerprint density at radius 2 is 0.703 bits per heavy atom. The summed E-state index contributed by atoms with van der Waals surface area (Å²) in [5.41, 5.74) is 0. The summed E-state index contributed by atoms with van der Waals surface area (Å²) in [5, 5.41) is 18.8. The second-order valence-corrected chi connectivity index (χ2v) is 10.7. The number of rotatable bonds is 28. The lowest BCUT2D eigenvalue weighted by Gasteiger charge is -2.25. The maximum atomic E-state index is 12.8. The molecule has 0 rings (SSSR count). The Balaban J connectivity index is 4.15. The third kappa shape index (κ3) is 22.5. The topological polar surface area (TPSA) is 81.1 Å². The zero-order valence-electron chi connectivity index (χ0n) is 24.7. The summed E-state index contributed by atoms with van der Waals surface area (Å²) in [5.74, 6) is -0.415. The lowest BCUT2D eigenvalue weighted by Crippen LogP contribution is -2.41. The Morgan fingerprint density at radius 1 is 0.432 bits per heavy atom. The second kappa shape index (κ2) is 27.9. The SMILES string of the molecule is CCCCCCCCCCCCN(CCO)C(=O)CC(=O)N(CCO)CCCCCCCCCCCC. The Morgan fingerprint density at radius 3 is 0.973 bits per heavy atom. The number of aliphatic hydroxyl groups excluding tert-OH is 2. The molecule has 2 amide bonds. The summed E-state index contributed by atoms with van der Waals surface area (Å²) in [6, 6.07) is 0. The van der Waals surface area contributed by atoms with Crippen LogP contribution in [0.1, 0.15) is 149 Å². The summed E-state index contributed by atoms with van der Waals surface area (Å²) in [4.78, 5) is 28.9. The normalized spacial score (nSPS) is 11.1. The lowest BCUT2D eigenvalue weighted by atomic mass is 10.1. The number of nitrogens with zero attached hydrogens (tertiary/aromatic N) is 2. The Bertz CT molecular complexity index is 471. The average Bonchev–Trinajstić information content (AvgIpc) is 2.89. The van der Waals surface area contributed by atoms with Crippen LogP contribution in [0.3, 0.4) is 0 Å². The molecule has 0 atom stereocenters.